The molecule has 0 radical (unpaired) electrons. The second-order valence-corrected chi connectivity index (χ2v) is 8.41. The van der Waals surface area contributed by atoms with E-state index < -0.39 is 23.0 Å². The van der Waals surface area contributed by atoms with Crippen molar-refractivity contribution in [2.24, 2.45) is 5.92 Å². The van der Waals surface area contributed by atoms with E-state index in [-0.39, 0.29) is 35.7 Å². The van der Waals surface area contributed by atoms with Crippen molar-refractivity contribution in [2.75, 3.05) is 0 Å². The lowest BCUT2D eigenvalue weighted by Gasteiger charge is -2.14. The van der Waals surface area contributed by atoms with Crippen LogP contribution in [0.3, 0.4) is 0 Å². The number of alkyl halides is 3. The van der Waals surface area contributed by atoms with E-state index in [4.69, 9.17) is 0 Å². The zero-order valence-corrected chi connectivity index (χ0v) is 18.2. The molecule has 0 saturated heterocycles. The molecule has 2 aromatic carbocycles. The number of rotatable bonds is 6. The van der Waals surface area contributed by atoms with E-state index in [0.717, 1.165) is 22.3 Å². The monoisotopic (exact) mass is 456 g/mol. The predicted molar refractivity (Wildman–Crippen MR) is 119 cm³/mol. The number of hydrogen-bond donors (Lipinski definition) is 0. The van der Waals surface area contributed by atoms with E-state index in [1.807, 2.05) is 44.2 Å². The van der Waals surface area contributed by atoms with Gasteiger partial charge in [0.05, 0.1) is 25.0 Å². The van der Waals surface area contributed by atoms with Gasteiger partial charge in [-0.15, -0.1) is 0 Å². The second-order valence-electron chi connectivity index (χ2n) is 8.41. The summed E-state index contributed by atoms with van der Waals surface area (Å²) in [6, 6.07) is 13.9. The lowest BCUT2D eigenvalue weighted by atomic mass is 10.1. The highest BCUT2D eigenvalue weighted by Crippen LogP contribution is 2.29. The number of halogens is 3. The van der Waals surface area contributed by atoms with Crippen LogP contribution in [0.2, 0.25) is 0 Å². The van der Waals surface area contributed by atoms with Gasteiger partial charge in [0, 0.05) is 6.54 Å². The van der Waals surface area contributed by atoms with Crippen LogP contribution in [0.1, 0.15) is 30.5 Å². The minimum atomic E-state index is -4.52. The summed E-state index contributed by atoms with van der Waals surface area (Å²) in [6.07, 6.45) is -2.99. The third-order valence-corrected chi connectivity index (χ3v) is 5.32. The minimum absolute atomic E-state index is 0.178. The van der Waals surface area contributed by atoms with Crippen LogP contribution in [0.4, 0.5) is 13.2 Å². The Balaban J connectivity index is 1.90. The highest BCUT2D eigenvalue weighted by molar-refractivity contribution is 5.70. The van der Waals surface area contributed by atoms with Crippen LogP contribution in [0.5, 0.6) is 0 Å². The summed E-state index contributed by atoms with van der Waals surface area (Å²) in [4.78, 5) is 31.1. The molecule has 0 spiro atoms. The van der Waals surface area contributed by atoms with Gasteiger partial charge in [-0.25, -0.2) is 9.78 Å². The second kappa shape index (κ2) is 8.73. The summed E-state index contributed by atoms with van der Waals surface area (Å²) in [5.74, 6) is 0.216. The Kier molecular flexibility index (Phi) is 5.97. The molecule has 2 aromatic heterocycles. The average Bonchev–Trinajstić information content (AvgIpc) is 3.17. The third-order valence-electron chi connectivity index (χ3n) is 5.32. The third kappa shape index (κ3) is 4.62. The predicted octanol–water partition coefficient (Wildman–Crippen LogP) is 4.13. The average molecular weight is 456 g/mol. The Labute approximate surface area is 187 Å². The molecule has 0 atom stereocenters. The molecular formula is C24H23F3N4O2. The van der Waals surface area contributed by atoms with Crippen LogP contribution in [0.15, 0.2) is 70.5 Å². The Morgan fingerprint density at radius 1 is 0.909 bits per heavy atom. The molecule has 0 aliphatic rings. The van der Waals surface area contributed by atoms with Gasteiger partial charge in [-0.05, 0) is 29.2 Å². The zero-order chi connectivity index (χ0) is 23.8. The molecule has 9 heteroatoms. The van der Waals surface area contributed by atoms with Crippen LogP contribution < -0.4 is 11.2 Å². The normalized spacial score (nSPS) is 12.1. The lowest BCUT2D eigenvalue weighted by Crippen LogP contribution is -2.41. The molecule has 0 bridgehead atoms. The van der Waals surface area contributed by atoms with Gasteiger partial charge < -0.3 is 4.57 Å². The Bertz CT molecular complexity index is 1400. The molecule has 0 fully saturated rings. The smallest absolute Gasteiger partial charge is 0.324 e. The molecule has 0 unspecified atom stereocenters. The first-order valence-corrected chi connectivity index (χ1v) is 10.5. The summed E-state index contributed by atoms with van der Waals surface area (Å²) >= 11 is 0. The number of imidazole rings is 1. The molecule has 6 nitrogen and oxygen atoms in total. The summed E-state index contributed by atoms with van der Waals surface area (Å²) in [5.41, 5.74) is -0.462. The topological polar surface area (TPSA) is 61.8 Å². The van der Waals surface area contributed by atoms with Crippen molar-refractivity contribution in [1.82, 2.24) is 18.7 Å². The summed E-state index contributed by atoms with van der Waals surface area (Å²) in [6.45, 7) is 4.40. The molecule has 4 rings (SSSR count). The fraction of sp³-hybridized carbons (Fsp3) is 0.292. The molecule has 0 saturated carbocycles. The van der Waals surface area contributed by atoms with Gasteiger partial charge in [-0.1, -0.05) is 56.3 Å². The van der Waals surface area contributed by atoms with E-state index in [2.05, 4.69) is 4.98 Å². The van der Waals surface area contributed by atoms with Crippen LogP contribution in [-0.2, 0) is 25.8 Å². The Morgan fingerprint density at radius 3 is 2.24 bits per heavy atom. The number of aromatic nitrogens is 4. The molecule has 0 aliphatic carbocycles. The molecule has 0 amide bonds. The summed E-state index contributed by atoms with van der Waals surface area (Å²) < 4.78 is 43.6. The van der Waals surface area contributed by atoms with Crippen LogP contribution in [0, 0.1) is 5.92 Å². The van der Waals surface area contributed by atoms with Gasteiger partial charge in [-0.2, -0.15) is 13.2 Å². The fourth-order valence-electron chi connectivity index (χ4n) is 3.85. The molecule has 33 heavy (non-hydrogen) atoms. The highest BCUT2D eigenvalue weighted by atomic mass is 19.4. The number of nitrogens with zero attached hydrogens (tertiary/aromatic N) is 4. The molecule has 0 N–H and O–H groups in total. The van der Waals surface area contributed by atoms with Gasteiger partial charge in [0.1, 0.15) is 0 Å². The first-order valence-electron chi connectivity index (χ1n) is 10.5. The molecular weight excluding hydrogens is 433 g/mol. The first kappa shape index (κ1) is 22.6. The lowest BCUT2D eigenvalue weighted by molar-refractivity contribution is -0.137. The van der Waals surface area contributed by atoms with Gasteiger partial charge in [0.15, 0.2) is 11.2 Å². The molecule has 0 aliphatic heterocycles. The van der Waals surface area contributed by atoms with Crippen molar-refractivity contribution >= 4 is 11.2 Å². The zero-order valence-electron chi connectivity index (χ0n) is 18.2. The van der Waals surface area contributed by atoms with Gasteiger partial charge in [-0.3, -0.25) is 13.9 Å². The molecule has 4 aromatic rings. The van der Waals surface area contributed by atoms with Gasteiger partial charge in [0.2, 0.25) is 0 Å². The number of benzene rings is 2. The van der Waals surface area contributed by atoms with E-state index in [1.165, 1.54) is 23.0 Å². The molecule has 172 valence electrons. The summed E-state index contributed by atoms with van der Waals surface area (Å²) in [7, 11) is 0. The largest absolute Gasteiger partial charge is 0.416 e. The standard InChI is InChI=1S/C24H23F3N4O2/c1-16(2)12-29-15-28-21-20(29)22(32)31(14-18-9-6-10-19(11-18)24(25,26)27)23(33)30(21)13-17-7-4-3-5-8-17/h3-11,15-16H,12-14H2,1-2H3. The number of fused-ring (bicyclic) bond motifs is 1. The van der Waals surface area contributed by atoms with E-state index in [9.17, 15) is 22.8 Å². The van der Waals surface area contributed by atoms with E-state index >= 15 is 0 Å². The maximum absolute atomic E-state index is 13.4. The SMILES string of the molecule is CC(C)Cn1cnc2c1c(=O)n(Cc1cccc(C(F)(F)F)c1)c(=O)n2Cc1ccccc1. The van der Waals surface area contributed by atoms with E-state index in [0.29, 0.717) is 6.54 Å². The Morgan fingerprint density at radius 2 is 1.58 bits per heavy atom. The Hall–Kier alpha value is -3.62. The van der Waals surface area contributed by atoms with Crippen LogP contribution >= 0.6 is 0 Å². The van der Waals surface area contributed by atoms with Crippen molar-refractivity contribution in [3.05, 3.63) is 98.5 Å². The van der Waals surface area contributed by atoms with Crippen molar-refractivity contribution in [2.45, 2.75) is 39.7 Å². The van der Waals surface area contributed by atoms with Crippen molar-refractivity contribution in [3.8, 4) is 0 Å². The first-order chi connectivity index (χ1) is 15.6. The molecule has 2 heterocycles. The fourth-order valence-corrected chi connectivity index (χ4v) is 3.85. The van der Waals surface area contributed by atoms with E-state index in [1.54, 1.807) is 4.57 Å². The number of hydrogen-bond acceptors (Lipinski definition) is 3. The maximum atomic E-state index is 13.4. The highest BCUT2D eigenvalue weighted by Gasteiger charge is 2.30. The summed E-state index contributed by atoms with van der Waals surface area (Å²) in [5, 5.41) is 0. The van der Waals surface area contributed by atoms with Gasteiger partial charge in [0.25, 0.3) is 5.56 Å². The van der Waals surface area contributed by atoms with Crippen molar-refractivity contribution < 1.29 is 13.2 Å². The minimum Gasteiger partial charge on any atom is -0.324 e. The maximum Gasteiger partial charge on any atom is 0.416 e. The van der Waals surface area contributed by atoms with Crippen molar-refractivity contribution in [3.63, 3.8) is 0 Å². The van der Waals surface area contributed by atoms with Crippen molar-refractivity contribution in [1.29, 1.82) is 0 Å². The van der Waals surface area contributed by atoms with Crippen LogP contribution in [-0.4, -0.2) is 18.7 Å². The quantitative estimate of drug-likeness (QED) is 0.438. The van der Waals surface area contributed by atoms with Gasteiger partial charge >= 0.3 is 11.9 Å². The van der Waals surface area contributed by atoms with Crippen LogP contribution in [0.25, 0.3) is 11.2 Å².